The zero-order valence-corrected chi connectivity index (χ0v) is 32.1. The van der Waals surface area contributed by atoms with Gasteiger partial charge in [-0.25, -0.2) is 0 Å². The van der Waals surface area contributed by atoms with Gasteiger partial charge in [-0.1, -0.05) is 154 Å². The largest absolute Gasteiger partial charge is 0.355 e. The Balaban J connectivity index is 1.22. The van der Waals surface area contributed by atoms with Crippen molar-refractivity contribution < 1.29 is 0 Å². The summed E-state index contributed by atoms with van der Waals surface area (Å²) < 4.78 is 0. The lowest BCUT2D eigenvalue weighted by Crippen LogP contribution is -2.16. The molecule has 0 heterocycles. The number of hydrogen-bond donors (Lipinski definition) is 1. The van der Waals surface area contributed by atoms with Crippen LogP contribution < -0.4 is 10.2 Å². The van der Waals surface area contributed by atoms with E-state index < -0.39 is 0 Å². The summed E-state index contributed by atoms with van der Waals surface area (Å²) in [6.45, 7) is 10.9. The molecule has 0 amide bonds. The molecule has 2 heteroatoms. The Morgan fingerprint density at radius 2 is 1.04 bits per heavy atom. The molecule has 2 nitrogen and oxygen atoms in total. The topological polar surface area (TPSA) is 15.3 Å². The minimum atomic E-state index is -0.124. The van der Waals surface area contributed by atoms with Crippen LogP contribution in [-0.4, -0.2) is 0 Å². The second-order valence-electron chi connectivity index (χ2n) is 15.2. The monoisotopic (exact) mass is 720 g/mol. The van der Waals surface area contributed by atoms with Gasteiger partial charge < -0.3 is 10.2 Å². The van der Waals surface area contributed by atoms with E-state index in [-0.39, 0.29) is 5.41 Å². The van der Waals surface area contributed by atoms with Crippen molar-refractivity contribution in [3.05, 3.63) is 217 Å². The highest BCUT2D eigenvalue weighted by atomic mass is 15.1. The molecule has 0 saturated carbocycles. The molecule has 0 unspecified atom stereocenters. The highest BCUT2D eigenvalue weighted by Gasteiger charge is 2.35. The van der Waals surface area contributed by atoms with Crippen molar-refractivity contribution in [1.82, 2.24) is 0 Å². The van der Waals surface area contributed by atoms with E-state index in [0.717, 1.165) is 39.6 Å². The van der Waals surface area contributed by atoms with Gasteiger partial charge in [-0.05, 0) is 129 Å². The SMILES string of the molecule is C=Cc1ccc(-c2ccc(C)c(-c3cc(N(c4ccc(-c5ccccc5)cc4)c4ccc5c(c4)C(C)(C)c4ccccc4-5)ccc3Nc3ccccc3)c2)cc1. The number of benzene rings is 8. The van der Waals surface area contributed by atoms with Gasteiger partial charge in [0.25, 0.3) is 0 Å². The van der Waals surface area contributed by atoms with Crippen molar-refractivity contribution in [1.29, 1.82) is 0 Å². The van der Waals surface area contributed by atoms with Gasteiger partial charge in [-0.3, -0.25) is 0 Å². The van der Waals surface area contributed by atoms with E-state index in [9.17, 15) is 0 Å². The zero-order chi connectivity index (χ0) is 38.2. The van der Waals surface area contributed by atoms with Gasteiger partial charge in [0.1, 0.15) is 0 Å². The van der Waals surface area contributed by atoms with Crippen LogP contribution in [0.15, 0.2) is 195 Å². The first-order chi connectivity index (χ1) is 27.4. The smallest absolute Gasteiger partial charge is 0.0469 e. The van der Waals surface area contributed by atoms with Gasteiger partial charge >= 0.3 is 0 Å². The van der Waals surface area contributed by atoms with Crippen molar-refractivity contribution >= 4 is 34.5 Å². The average Bonchev–Trinajstić information content (AvgIpc) is 3.48. The molecule has 0 spiro atoms. The molecule has 0 aliphatic heterocycles. The van der Waals surface area contributed by atoms with Gasteiger partial charge in [-0.2, -0.15) is 0 Å². The Morgan fingerprint density at radius 3 is 1.79 bits per heavy atom. The Hall–Kier alpha value is -6.90. The highest BCUT2D eigenvalue weighted by molar-refractivity contribution is 5.91. The predicted octanol–water partition coefficient (Wildman–Crippen LogP) is 15.2. The van der Waals surface area contributed by atoms with Crippen LogP contribution in [0.2, 0.25) is 0 Å². The molecule has 0 aromatic heterocycles. The maximum atomic E-state index is 3.95. The molecule has 1 aliphatic rings. The number of para-hydroxylation sites is 1. The molecule has 270 valence electrons. The van der Waals surface area contributed by atoms with Crippen molar-refractivity contribution in [2.45, 2.75) is 26.2 Å². The Labute approximate surface area is 331 Å². The van der Waals surface area contributed by atoms with Gasteiger partial charge in [0, 0.05) is 39.4 Å². The fourth-order valence-electron chi connectivity index (χ4n) is 8.30. The standard InChI is InChI=1S/C54H44N2/c1-5-38-21-24-41(25-22-38)42-23-20-37(2)49(34-42)50-35-45(31-33-53(50)55-43-16-10-7-11-17-43)56(44-28-26-40(27-29-44)39-14-8-6-9-15-39)46-30-32-48-47-18-12-13-19-51(47)54(3,4)52(48)36-46/h5-36,55H,1H2,2-4H3. The summed E-state index contributed by atoms with van der Waals surface area (Å²) in [7, 11) is 0. The summed E-state index contributed by atoms with van der Waals surface area (Å²) in [6, 6.07) is 68.2. The quantitative estimate of drug-likeness (QED) is 0.160. The van der Waals surface area contributed by atoms with Crippen LogP contribution in [0.4, 0.5) is 28.4 Å². The fraction of sp³-hybridized carbons (Fsp3) is 0.0741. The van der Waals surface area contributed by atoms with Crippen LogP contribution in [0.5, 0.6) is 0 Å². The summed E-state index contributed by atoms with van der Waals surface area (Å²) >= 11 is 0. The molecule has 0 saturated heterocycles. The first-order valence-corrected chi connectivity index (χ1v) is 19.4. The summed E-state index contributed by atoms with van der Waals surface area (Å²) in [5.74, 6) is 0. The molecule has 1 N–H and O–H groups in total. The number of nitrogens with zero attached hydrogens (tertiary/aromatic N) is 1. The zero-order valence-electron chi connectivity index (χ0n) is 32.1. The van der Waals surface area contributed by atoms with Crippen LogP contribution in [-0.2, 0) is 5.41 Å². The van der Waals surface area contributed by atoms with Gasteiger partial charge in [-0.15, -0.1) is 0 Å². The van der Waals surface area contributed by atoms with Gasteiger partial charge in [0.15, 0.2) is 0 Å². The predicted molar refractivity (Wildman–Crippen MR) is 240 cm³/mol. The molecule has 0 bridgehead atoms. The van der Waals surface area contributed by atoms with Crippen molar-refractivity contribution in [3.63, 3.8) is 0 Å². The summed E-state index contributed by atoms with van der Waals surface area (Å²) in [5, 5.41) is 3.77. The van der Waals surface area contributed by atoms with Gasteiger partial charge in [0.2, 0.25) is 0 Å². The van der Waals surface area contributed by atoms with Crippen LogP contribution >= 0.6 is 0 Å². The molecule has 9 rings (SSSR count). The third-order valence-electron chi connectivity index (χ3n) is 11.4. The van der Waals surface area contributed by atoms with Crippen LogP contribution in [0.3, 0.4) is 0 Å². The first-order valence-electron chi connectivity index (χ1n) is 19.4. The second-order valence-corrected chi connectivity index (χ2v) is 15.2. The van der Waals surface area contributed by atoms with E-state index >= 15 is 0 Å². The number of rotatable bonds is 9. The second kappa shape index (κ2) is 14.4. The van der Waals surface area contributed by atoms with Crippen molar-refractivity contribution in [2.24, 2.45) is 0 Å². The molecule has 0 fully saturated rings. The van der Waals surface area contributed by atoms with E-state index in [1.54, 1.807) is 0 Å². The van der Waals surface area contributed by atoms with E-state index in [2.05, 4.69) is 226 Å². The third kappa shape index (κ3) is 6.40. The Kier molecular flexibility index (Phi) is 8.96. The third-order valence-corrected chi connectivity index (χ3v) is 11.4. The number of fused-ring (bicyclic) bond motifs is 3. The van der Waals surface area contributed by atoms with Crippen molar-refractivity contribution in [3.8, 4) is 44.5 Å². The Bertz CT molecular complexity index is 2690. The lowest BCUT2D eigenvalue weighted by molar-refractivity contribution is 0.660. The molecule has 1 aliphatic carbocycles. The molecular formula is C54H44N2. The summed E-state index contributed by atoms with van der Waals surface area (Å²) in [5.41, 5.74) is 20.0. The Morgan fingerprint density at radius 1 is 0.464 bits per heavy atom. The molecule has 0 atom stereocenters. The molecule has 8 aromatic carbocycles. The number of nitrogens with one attached hydrogen (secondary N) is 1. The van der Waals surface area contributed by atoms with E-state index in [1.165, 1.54) is 55.6 Å². The highest BCUT2D eigenvalue weighted by Crippen LogP contribution is 2.51. The molecular weight excluding hydrogens is 677 g/mol. The minimum Gasteiger partial charge on any atom is -0.355 e. The summed E-state index contributed by atoms with van der Waals surface area (Å²) in [4.78, 5) is 2.41. The normalized spacial score (nSPS) is 12.4. The van der Waals surface area contributed by atoms with Crippen molar-refractivity contribution in [2.75, 3.05) is 10.2 Å². The lowest BCUT2D eigenvalue weighted by Gasteiger charge is -2.29. The fourth-order valence-corrected chi connectivity index (χ4v) is 8.30. The maximum absolute atomic E-state index is 3.95. The van der Waals surface area contributed by atoms with E-state index in [0.29, 0.717) is 0 Å². The van der Waals surface area contributed by atoms with E-state index in [1.807, 2.05) is 6.08 Å². The van der Waals surface area contributed by atoms with Crippen LogP contribution in [0.25, 0.3) is 50.6 Å². The summed E-state index contributed by atoms with van der Waals surface area (Å²) in [6.07, 6.45) is 1.89. The first kappa shape index (κ1) is 34.8. The van der Waals surface area contributed by atoms with E-state index in [4.69, 9.17) is 0 Å². The number of anilines is 5. The number of hydrogen-bond acceptors (Lipinski definition) is 2. The minimum absolute atomic E-state index is 0.124. The average molecular weight is 721 g/mol. The lowest BCUT2D eigenvalue weighted by atomic mass is 9.82. The van der Waals surface area contributed by atoms with Crippen LogP contribution in [0.1, 0.15) is 36.1 Å². The van der Waals surface area contributed by atoms with Gasteiger partial charge in [0.05, 0.1) is 0 Å². The van der Waals surface area contributed by atoms with Crippen LogP contribution in [0, 0.1) is 6.92 Å². The molecule has 0 radical (unpaired) electrons. The maximum Gasteiger partial charge on any atom is 0.0469 e. The number of aryl methyl sites for hydroxylation is 1. The molecule has 56 heavy (non-hydrogen) atoms. The molecule has 8 aromatic rings.